The molecule has 0 atom stereocenters. The van der Waals surface area contributed by atoms with Crippen LogP contribution in [0.25, 0.3) is 121 Å². The Morgan fingerprint density at radius 2 is 0.592 bits per heavy atom. The molecule has 13 rings (SSSR count). The Labute approximate surface area is 420 Å². The Hall–Kier alpha value is -8.92. The smallest absolute Gasteiger partial charge is 0.309 e. The van der Waals surface area contributed by atoms with Crippen LogP contribution >= 0.6 is 0 Å². The Balaban J connectivity index is 1.18. The third-order valence-corrected chi connectivity index (χ3v) is 14.3. The lowest BCUT2D eigenvalue weighted by molar-refractivity contribution is -0.138. The number of hydrogen-bond acceptors (Lipinski definition) is 2. The second kappa shape index (κ2) is 16.3. The van der Waals surface area contributed by atoms with E-state index < -0.39 is 47.0 Å². The normalized spacial score (nSPS) is 13.0. The summed E-state index contributed by atoms with van der Waals surface area (Å²) in [5, 5.41) is 5.07. The molecule has 16 heteroatoms. The van der Waals surface area contributed by atoms with Crippen LogP contribution < -0.4 is 0 Å². The van der Waals surface area contributed by atoms with Crippen molar-refractivity contribution in [2.45, 2.75) is 24.7 Å². The van der Waals surface area contributed by atoms with Crippen LogP contribution in [0.2, 0.25) is 0 Å². The van der Waals surface area contributed by atoms with Crippen LogP contribution in [0.15, 0.2) is 182 Å². The number of benzene rings is 9. The molecule has 4 nitrogen and oxygen atoms in total. The van der Waals surface area contributed by atoms with Gasteiger partial charge >= 0.3 is 24.7 Å². The molecule has 0 aliphatic carbocycles. The van der Waals surface area contributed by atoms with Crippen LogP contribution in [0.5, 0.6) is 0 Å². The molecule has 0 saturated heterocycles. The summed E-state index contributed by atoms with van der Waals surface area (Å²) in [4.78, 5) is 9.95. The zero-order valence-corrected chi connectivity index (χ0v) is 38.6. The summed E-state index contributed by atoms with van der Waals surface area (Å²) in [6.45, 7) is 0. The maximum atomic E-state index is 14.3. The molecule has 0 bridgehead atoms. The molecule has 76 heavy (non-hydrogen) atoms. The van der Waals surface area contributed by atoms with Crippen molar-refractivity contribution in [2.75, 3.05) is 0 Å². The van der Waals surface area contributed by atoms with E-state index in [0.717, 1.165) is 70.1 Å². The van der Waals surface area contributed by atoms with Gasteiger partial charge in [-0.05, 0) is 142 Å². The van der Waals surface area contributed by atoms with Gasteiger partial charge in [-0.25, -0.2) is 0 Å². The van der Waals surface area contributed by atoms with E-state index in [2.05, 4.69) is 0 Å². The molecule has 9 aromatic carbocycles. The number of fused-ring (bicyclic) bond motifs is 10. The summed E-state index contributed by atoms with van der Waals surface area (Å²) in [5.74, 6) is 0. The minimum Gasteiger partial charge on any atom is -0.309 e. The fraction of sp³-hybridized carbons (Fsp3) is 0.0667. The van der Waals surface area contributed by atoms with Crippen molar-refractivity contribution in [2.24, 2.45) is 0 Å². The highest BCUT2D eigenvalue weighted by Gasteiger charge is 2.36. The second-order valence-electron chi connectivity index (χ2n) is 18.6. The van der Waals surface area contributed by atoms with E-state index >= 15 is 0 Å². The fourth-order valence-corrected chi connectivity index (χ4v) is 10.9. The van der Waals surface area contributed by atoms with E-state index in [4.69, 9.17) is 9.97 Å². The number of alkyl halides is 12. The van der Waals surface area contributed by atoms with E-state index in [1.807, 2.05) is 72.8 Å². The SMILES string of the molecule is FC(F)(F)c1ccc2c(c1)c1cc(C(F)(F)F)ccc1n2-c1ccc2c(-c3nccc4ccccc34)c3cc(-n4c5ccc(C(F)(F)F)cc5c5cc(C(F)(F)F)ccc54)ccc3c(-c3nccc4ccccc34)c2c1. The largest absolute Gasteiger partial charge is 0.416 e. The van der Waals surface area contributed by atoms with Gasteiger partial charge < -0.3 is 9.13 Å². The first-order valence-corrected chi connectivity index (χ1v) is 23.4. The maximum absolute atomic E-state index is 14.3. The van der Waals surface area contributed by atoms with Crippen LogP contribution in [0.1, 0.15) is 22.3 Å². The van der Waals surface area contributed by atoms with Gasteiger partial charge in [-0.15, -0.1) is 0 Å². The second-order valence-corrected chi connectivity index (χ2v) is 18.6. The first-order chi connectivity index (χ1) is 36.2. The van der Waals surface area contributed by atoms with Crippen molar-refractivity contribution < 1.29 is 52.7 Å². The van der Waals surface area contributed by atoms with Crippen molar-refractivity contribution in [1.82, 2.24) is 19.1 Å². The third kappa shape index (κ3) is 7.32. The average Bonchev–Trinajstić information content (AvgIpc) is 4.02. The molecule has 0 saturated carbocycles. The molecule has 0 amide bonds. The monoisotopic (exact) mass is 1030 g/mol. The molecular formula is C60H30F12N4. The minimum atomic E-state index is -4.81. The molecule has 0 aliphatic heterocycles. The lowest BCUT2D eigenvalue weighted by atomic mass is 9.86. The highest BCUT2D eigenvalue weighted by molar-refractivity contribution is 6.25. The van der Waals surface area contributed by atoms with Gasteiger partial charge in [0, 0.05) is 67.2 Å². The highest BCUT2D eigenvalue weighted by atomic mass is 19.4. The van der Waals surface area contributed by atoms with Crippen molar-refractivity contribution >= 4 is 86.7 Å². The average molecular weight is 1030 g/mol. The summed E-state index contributed by atoms with van der Waals surface area (Å²) in [6.07, 6.45) is -16.0. The molecule has 4 aromatic heterocycles. The minimum absolute atomic E-state index is 0.0621. The number of nitrogens with zero attached hydrogens (tertiary/aromatic N) is 4. The van der Waals surface area contributed by atoms with E-state index in [1.54, 1.807) is 45.8 Å². The molecule has 374 valence electrons. The van der Waals surface area contributed by atoms with Gasteiger partial charge in [-0.1, -0.05) is 60.7 Å². The van der Waals surface area contributed by atoms with Crippen molar-refractivity contribution in [3.8, 4) is 33.9 Å². The number of hydrogen-bond donors (Lipinski definition) is 0. The number of pyridine rings is 2. The Morgan fingerprint density at radius 3 is 0.908 bits per heavy atom. The van der Waals surface area contributed by atoms with Gasteiger partial charge in [0.1, 0.15) is 0 Å². The Kier molecular flexibility index (Phi) is 10.0. The first-order valence-electron chi connectivity index (χ1n) is 23.4. The Bertz CT molecular complexity index is 4150. The van der Waals surface area contributed by atoms with Crippen LogP contribution in [-0.2, 0) is 24.7 Å². The van der Waals surface area contributed by atoms with Gasteiger partial charge in [0.25, 0.3) is 0 Å². The van der Waals surface area contributed by atoms with Crippen LogP contribution in [-0.4, -0.2) is 19.1 Å². The third-order valence-electron chi connectivity index (χ3n) is 14.3. The van der Waals surface area contributed by atoms with Crippen LogP contribution in [0.4, 0.5) is 52.7 Å². The lowest BCUT2D eigenvalue weighted by Gasteiger charge is -2.21. The molecule has 0 aliphatic rings. The summed E-state index contributed by atoms with van der Waals surface area (Å²) < 4.78 is 175. The predicted octanol–water partition coefficient (Wildman–Crippen LogP) is 18.7. The standard InChI is InChI=1S/C60H30F12N4/c61-57(62,63)33-9-17-49-43(25-33)44-26-34(58(64,65)66)10-18-50(44)75(49)37-14-16-42-47(29-37)53(55-39-7-3-1-5-31(39)21-23-73-55)41-15-13-38(30-48(41)54(42)56-40-8-4-2-6-32(40)22-24-74-56)76-51-19-11-35(59(67,68)69)27-45(51)46-28-36(60(70,71)72)12-20-52(46)76/h1-30H. The first kappa shape index (κ1) is 46.8. The zero-order chi connectivity index (χ0) is 52.8. The van der Waals surface area contributed by atoms with Gasteiger partial charge in [0.05, 0.1) is 55.7 Å². The zero-order valence-electron chi connectivity index (χ0n) is 38.6. The molecule has 0 fully saturated rings. The summed E-state index contributed by atoms with van der Waals surface area (Å²) in [7, 11) is 0. The van der Waals surface area contributed by atoms with E-state index in [0.29, 0.717) is 55.4 Å². The highest BCUT2D eigenvalue weighted by Crippen LogP contribution is 2.49. The van der Waals surface area contributed by atoms with Crippen molar-refractivity contribution in [3.05, 3.63) is 205 Å². The molecule has 0 unspecified atom stereocenters. The molecule has 0 N–H and O–H groups in total. The maximum Gasteiger partial charge on any atom is 0.416 e. The lowest BCUT2D eigenvalue weighted by Crippen LogP contribution is -2.04. The van der Waals surface area contributed by atoms with Crippen LogP contribution in [0, 0.1) is 0 Å². The Morgan fingerprint density at radius 1 is 0.276 bits per heavy atom. The molecule has 13 aromatic rings. The predicted molar refractivity (Wildman–Crippen MR) is 272 cm³/mol. The summed E-state index contributed by atoms with van der Waals surface area (Å²) in [6, 6.07) is 41.2. The quantitative estimate of drug-likeness (QED) is 0.130. The van der Waals surface area contributed by atoms with Crippen LogP contribution in [0.3, 0.4) is 0 Å². The molecular weight excluding hydrogens is 1000 g/mol. The topological polar surface area (TPSA) is 35.6 Å². The molecule has 0 spiro atoms. The fourth-order valence-electron chi connectivity index (χ4n) is 10.9. The van der Waals surface area contributed by atoms with Gasteiger partial charge in [-0.3, -0.25) is 9.97 Å². The van der Waals surface area contributed by atoms with Gasteiger partial charge in [-0.2, -0.15) is 52.7 Å². The summed E-state index contributed by atoms with van der Waals surface area (Å²) in [5.41, 5.74) is -0.518. The molecule has 0 radical (unpaired) electrons. The van der Waals surface area contributed by atoms with E-state index in [-0.39, 0.29) is 43.6 Å². The van der Waals surface area contributed by atoms with Crippen molar-refractivity contribution in [3.63, 3.8) is 0 Å². The number of rotatable bonds is 4. The number of aromatic nitrogens is 4. The van der Waals surface area contributed by atoms with E-state index in [1.165, 1.54) is 24.3 Å². The van der Waals surface area contributed by atoms with Gasteiger partial charge in [0.15, 0.2) is 0 Å². The van der Waals surface area contributed by atoms with E-state index in [9.17, 15) is 52.7 Å². The van der Waals surface area contributed by atoms with Gasteiger partial charge in [0.2, 0.25) is 0 Å². The number of halogens is 12. The summed E-state index contributed by atoms with van der Waals surface area (Å²) >= 11 is 0. The van der Waals surface area contributed by atoms with Crippen molar-refractivity contribution in [1.29, 1.82) is 0 Å². The molecule has 4 heterocycles.